The van der Waals surface area contributed by atoms with E-state index in [1.54, 1.807) is 6.92 Å². The first-order valence-electron chi connectivity index (χ1n) is 4.87. The van der Waals surface area contributed by atoms with Gasteiger partial charge in [-0.1, -0.05) is 19.1 Å². The molecule has 1 aromatic rings. The Hall–Kier alpha value is -1.36. The maximum atomic E-state index is 11.2. The molecule has 0 aliphatic carbocycles. The van der Waals surface area contributed by atoms with Crippen LogP contribution in [0.15, 0.2) is 29.2 Å². The molecule has 1 rings (SSSR count). The van der Waals surface area contributed by atoms with Crippen molar-refractivity contribution in [2.24, 2.45) is 0 Å². The number of aliphatic carboxylic acids is 1. The number of benzene rings is 1. The Kier molecular flexibility index (Phi) is 3.70. The summed E-state index contributed by atoms with van der Waals surface area (Å²) in [5.74, 6) is -1.83. The molecule has 1 aromatic carbocycles. The summed E-state index contributed by atoms with van der Waals surface area (Å²) in [7, 11) is -3.24. The Morgan fingerprint density at radius 3 is 2.12 bits per heavy atom. The van der Waals surface area contributed by atoms with Gasteiger partial charge in [0.15, 0.2) is 9.84 Å². The Labute approximate surface area is 94.8 Å². The standard InChI is InChI=1S/C11H14O4S/c1-3-10(11(12)13)8-4-6-9(7-5-8)16(2,14)15/h4-7,10H,3H2,1-2H3,(H,12,13)/p-1. The van der Waals surface area contributed by atoms with E-state index in [1.807, 2.05) is 0 Å². The minimum atomic E-state index is -3.24. The van der Waals surface area contributed by atoms with Crippen molar-refractivity contribution in [3.63, 3.8) is 0 Å². The minimum absolute atomic E-state index is 0.185. The van der Waals surface area contributed by atoms with Gasteiger partial charge in [-0.3, -0.25) is 0 Å². The quantitative estimate of drug-likeness (QED) is 0.761. The Bertz CT molecular complexity index is 473. The highest BCUT2D eigenvalue weighted by atomic mass is 32.2. The van der Waals surface area contributed by atoms with Crippen LogP contribution in [-0.4, -0.2) is 20.6 Å². The van der Waals surface area contributed by atoms with Crippen LogP contribution in [0.4, 0.5) is 0 Å². The first-order valence-corrected chi connectivity index (χ1v) is 6.76. The lowest BCUT2D eigenvalue weighted by Crippen LogP contribution is -2.29. The van der Waals surface area contributed by atoms with Gasteiger partial charge in [0.25, 0.3) is 0 Å². The maximum absolute atomic E-state index is 11.2. The maximum Gasteiger partial charge on any atom is 0.175 e. The fraction of sp³-hybridized carbons (Fsp3) is 0.364. The van der Waals surface area contributed by atoms with E-state index < -0.39 is 21.7 Å². The summed E-state index contributed by atoms with van der Waals surface area (Å²) < 4.78 is 22.4. The number of carbonyl (C=O) groups excluding carboxylic acids is 1. The highest BCUT2D eigenvalue weighted by Gasteiger charge is 2.12. The second kappa shape index (κ2) is 4.65. The molecule has 0 saturated heterocycles. The van der Waals surface area contributed by atoms with Gasteiger partial charge in [-0.15, -0.1) is 0 Å². The summed E-state index contributed by atoms with van der Waals surface area (Å²) in [6.45, 7) is 1.74. The van der Waals surface area contributed by atoms with Crippen molar-refractivity contribution < 1.29 is 18.3 Å². The molecule has 0 aliphatic rings. The Morgan fingerprint density at radius 1 is 1.31 bits per heavy atom. The fourth-order valence-corrected chi connectivity index (χ4v) is 2.12. The Balaban J connectivity index is 3.08. The molecule has 0 N–H and O–H groups in total. The fourth-order valence-electron chi connectivity index (χ4n) is 1.49. The molecule has 1 unspecified atom stereocenters. The van der Waals surface area contributed by atoms with E-state index in [4.69, 9.17) is 0 Å². The molecular weight excluding hydrogens is 228 g/mol. The van der Waals surface area contributed by atoms with Gasteiger partial charge in [-0.25, -0.2) is 8.42 Å². The second-order valence-electron chi connectivity index (χ2n) is 3.62. The number of carboxylic acid groups (broad SMARTS) is 1. The number of carbonyl (C=O) groups is 1. The van der Waals surface area contributed by atoms with Crippen molar-refractivity contribution in [2.75, 3.05) is 6.26 Å². The largest absolute Gasteiger partial charge is 0.549 e. The molecule has 88 valence electrons. The average molecular weight is 241 g/mol. The van der Waals surface area contributed by atoms with E-state index in [2.05, 4.69) is 0 Å². The lowest BCUT2D eigenvalue weighted by Gasteiger charge is -2.16. The van der Waals surface area contributed by atoms with Gasteiger partial charge in [0.05, 0.1) is 4.90 Å². The number of hydrogen-bond donors (Lipinski definition) is 0. The molecule has 5 heteroatoms. The van der Waals surface area contributed by atoms with Gasteiger partial charge in [0.1, 0.15) is 0 Å². The predicted octanol–water partition coefficient (Wildman–Crippen LogP) is 0.334. The van der Waals surface area contributed by atoms with Gasteiger partial charge in [0.2, 0.25) is 0 Å². The molecule has 0 aromatic heterocycles. The predicted molar refractivity (Wildman–Crippen MR) is 57.6 cm³/mol. The SMILES string of the molecule is CCC(C(=O)[O-])c1ccc(S(C)(=O)=O)cc1. The highest BCUT2D eigenvalue weighted by molar-refractivity contribution is 7.90. The number of rotatable bonds is 4. The van der Waals surface area contributed by atoms with E-state index in [9.17, 15) is 18.3 Å². The molecular formula is C11H13O4S-. The molecule has 4 nitrogen and oxygen atoms in total. The van der Waals surface area contributed by atoms with Crippen LogP contribution in [0.25, 0.3) is 0 Å². The number of hydrogen-bond acceptors (Lipinski definition) is 4. The highest BCUT2D eigenvalue weighted by Crippen LogP contribution is 2.20. The van der Waals surface area contributed by atoms with Gasteiger partial charge < -0.3 is 9.90 Å². The first kappa shape index (κ1) is 12.7. The van der Waals surface area contributed by atoms with Crippen LogP contribution >= 0.6 is 0 Å². The molecule has 0 amide bonds. The number of sulfone groups is 1. The Morgan fingerprint density at radius 2 is 1.81 bits per heavy atom. The van der Waals surface area contributed by atoms with E-state index in [-0.39, 0.29) is 4.90 Å². The van der Waals surface area contributed by atoms with Crippen LogP contribution in [0.1, 0.15) is 24.8 Å². The van der Waals surface area contributed by atoms with Crippen molar-refractivity contribution in [3.05, 3.63) is 29.8 Å². The normalized spacial score (nSPS) is 13.4. The molecule has 0 spiro atoms. The van der Waals surface area contributed by atoms with Crippen LogP contribution in [0, 0.1) is 0 Å². The van der Waals surface area contributed by atoms with Crippen LogP contribution < -0.4 is 5.11 Å². The van der Waals surface area contributed by atoms with Crippen molar-refractivity contribution in [1.82, 2.24) is 0 Å². The van der Waals surface area contributed by atoms with Crippen molar-refractivity contribution in [3.8, 4) is 0 Å². The van der Waals surface area contributed by atoms with Crippen molar-refractivity contribution in [2.45, 2.75) is 24.2 Å². The monoisotopic (exact) mass is 241 g/mol. The van der Waals surface area contributed by atoms with Crippen molar-refractivity contribution in [1.29, 1.82) is 0 Å². The molecule has 1 atom stereocenters. The molecule has 0 heterocycles. The molecule has 0 aliphatic heterocycles. The summed E-state index contributed by atoms with van der Waals surface area (Å²) in [5.41, 5.74) is 0.565. The van der Waals surface area contributed by atoms with Crippen LogP contribution in [0.3, 0.4) is 0 Å². The lowest BCUT2D eigenvalue weighted by molar-refractivity contribution is -0.308. The van der Waals surface area contributed by atoms with Crippen molar-refractivity contribution >= 4 is 15.8 Å². The zero-order valence-corrected chi connectivity index (χ0v) is 9.95. The molecule has 16 heavy (non-hydrogen) atoms. The summed E-state index contributed by atoms with van der Waals surface area (Å²) in [6, 6.07) is 5.85. The third-order valence-electron chi connectivity index (χ3n) is 2.40. The average Bonchev–Trinajstić information content (AvgIpc) is 2.17. The van der Waals surface area contributed by atoms with Gasteiger partial charge >= 0.3 is 0 Å². The summed E-state index contributed by atoms with van der Waals surface area (Å²) >= 11 is 0. The minimum Gasteiger partial charge on any atom is -0.549 e. The third kappa shape index (κ3) is 2.82. The van der Waals surface area contributed by atoms with Gasteiger partial charge in [-0.05, 0) is 24.1 Å². The smallest absolute Gasteiger partial charge is 0.175 e. The molecule has 0 bridgehead atoms. The topological polar surface area (TPSA) is 74.3 Å². The van der Waals surface area contributed by atoms with Gasteiger partial charge in [-0.2, -0.15) is 0 Å². The molecule has 0 radical (unpaired) electrons. The summed E-state index contributed by atoms with van der Waals surface area (Å²) in [6.07, 6.45) is 1.53. The van der Waals surface area contributed by atoms with Gasteiger partial charge in [0, 0.05) is 18.1 Å². The molecule has 0 fully saturated rings. The van der Waals surface area contributed by atoms with E-state index in [1.165, 1.54) is 24.3 Å². The third-order valence-corrected chi connectivity index (χ3v) is 3.53. The second-order valence-corrected chi connectivity index (χ2v) is 5.64. The zero-order valence-electron chi connectivity index (χ0n) is 9.14. The van der Waals surface area contributed by atoms with E-state index in [0.717, 1.165) is 6.26 Å². The summed E-state index contributed by atoms with van der Waals surface area (Å²) in [5, 5.41) is 10.8. The lowest BCUT2D eigenvalue weighted by atomic mass is 9.97. The van der Waals surface area contributed by atoms with Crippen LogP contribution in [0.2, 0.25) is 0 Å². The zero-order chi connectivity index (χ0) is 12.3. The van der Waals surface area contributed by atoms with Crippen LogP contribution in [0.5, 0.6) is 0 Å². The van der Waals surface area contributed by atoms with Crippen LogP contribution in [-0.2, 0) is 14.6 Å². The summed E-state index contributed by atoms with van der Waals surface area (Å²) in [4.78, 5) is 11.0. The van der Waals surface area contributed by atoms with E-state index in [0.29, 0.717) is 12.0 Å². The number of carboxylic acids is 1. The first-order chi connectivity index (χ1) is 7.36. The van der Waals surface area contributed by atoms with E-state index >= 15 is 0 Å². The molecule has 0 saturated carbocycles.